The topological polar surface area (TPSA) is 18.5 Å². The lowest BCUT2D eigenvalue weighted by Gasteiger charge is -2.23. The summed E-state index contributed by atoms with van der Waals surface area (Å²) in [5.41, 5.74) is 0. The maximum atomic E-state index is 5.39. The van der Waals surface area contributed by atoms with Gasteiger partial charge in [0.1, 0.15) is 0 Å². The Bertz CT molecular complexity index is 285. The Kier molecular flexibility index (Phi) is 21.0. The Labute approximate surface area is 216 Å². The Hall–Kier alpha value is -0.0800. The molecule has 4 unspecified atom stereocenters. The van der Waals surface area contributed by atoms with Crippen LogP contribution in [0.25, 0.3) is 0 Å². The molecule has 0 radical (unpaired) electrons. The average molecular weight is 483 g/mol. The highest BCUT2D eigenvalue weighted by molar-refractivity contribution is 4.67. The highest BCUT2D eigenvalue weighted by atomic mass is 16.5. The fourth-order valence-electron chi connectivity index (χ4n) is 4.88. The predicted octanol–water partition coefficient (Wildman–Crippen LogP) is 10.3. The van der Waals surface area contributed by atoms with Crippen LogP contribution in [-0.2, 0) is 9.47 Å². The molecule has 2 heteroatoms. The van der Waals surface area contributed by atoms with Crippen molar-refractivity contribution in [1.29, 1.82) is 0 Å². The van der Waals surface area contributed by atoms with Crippen LogP contribution in [0.4, 0.5) is 0 Å². The largest absolute Gasteiger partial charge is 0.378 e. The van der Waals surface area contributed by atoms with E-state index in [2.05, 4.69) is 55.4 Å². The fourth-order valence-corrected chi connectivity index (χ4v) is 4.88. The molecular weight excluding hydrogens is 416 g/mol. The Morgan fingerprint density at radius 2 is 0.529 bits per heavy atom. The Balaban J connectivity index is 0.000000416. The van der Waals surface area contributed by atoms with Crippen molar-refractivity contribution in [1.82, 2.24) is 0 Å². The number of hydrogen-bond donors (Lipinski definition) is 0. The molecule has 0 aromatic rings. The molecule has 0 aromatic carbocycles. The van der Waals surface area contributed by atoms with Crippen LogP contribution in [-0.4, -0.2) is 25.4 Å². The first-order valence-corrected chi connectivity index (χ1v) is 15.4. The summed E-state index contributed by atoms with van der Waals surface area (Å²) in [7, 11) is 0. The van der Waals surface area contributed by atoms with Gasteiger partial charge in [-0.15, -0.1) is 0 Å². The number of ether oxygens (including phenoxy) is 2. The smallest absolute Gasteiger partial charge is 0.0547 e. The third-order valence-corrected chi connectivity index (χ3v) is 8.07. The quantitative estimate of drug-likeness (QED) is 0.342. The lowest BCUT2D eigenvalue weighted by atomic mass is 9.84. The van der Waals surface area contributed by atoms with Crippen LogP contribution in [0.2, 0.25) is 0 Å². The highest BCUT2D eigenvalue weighted by Crippen LogP contribution is 2.28. The molecule has 0 bridgehead atoms. The molecule has 2 aliphatic carbocycles. The fraction of sp³-hybridized carbons (Fsp3) is 1.00. The van der Waals surface area contributed by atoms with Crippen molar-refractivity contribution in [3.05, 3.63) is 0 Å². The van der Waals surface area contributed by atoms with Gasteiger partial charge in [-0.3, -0.25) is 0 Å². The minimum atomic E-state index is 0.520. The zero-order valence-corrected chi connectivity index (χ0v) is 25.3. The minimum absolute atomic E-state index is 0.520. The van der Waals surface area contributed by atoms with Crippen molar-refractivity contribution < 1.29 is 9.47 Å². The first-order chi connectivity index (χ1) is 16.2. The van der Waals surface area contributed by atoms with Crippen LogP contribution >= 0.6 is 0 Å². The Morgan fingerprint density at radius 1 is 0.324 bits per heavy atom. The first kappa shape index (κ1) is 33.9. The van der Waals surface area contributed by atoms with Gasteiger partial charge in [0.25, 0.3) is 0 Å². The summed E-state index contributed by atoms with van der Waals surface area (Å²) in [6.07, 6.45) is 18.0. The minimum Gasteiger partial charge on any atom is -0.378 e. The summed E-state index contributed by atoms with van der Waals surface area (Å²) < 4.78 is 10.8. The monoisotopic (exact) mass is 483 g/mol. The molecule has 4 atom stereocenters. The maximum absolute atomic E-state index is 5.39. The summed E-state index contributed by atoms with van der Waals surface area (Å²) in [4.78, 5) is 0. The van der Waals surface area contributed by atoms with E-state index in [0.717, 1.165) is 48.7 Å². The van der Waals surface area contributed by atoms with Gasteiger partial charge in [-0.25, -0.2) is 0 Å². The predicted molar refractivity (Wildman–Crippen MR) is 153 cm³/mol. The maximum Gasteiger partial charge on any atom is 0.0547 e. The van der Waals surface area contributed by atoms with E-state index in [4.69, 9.17) is 9.47 Å². The van der Waals surface area contributed by atoms with Gasteiger partial charge >= 0.3 is 0 Å². The average Bonchev–Trinajstić information content (AvgIpc) is 2.84. The highest BCUT2D eigenvalue weighted by Gasteiger charge is 2.15. The summed E-state index contributed by atoms with van der Waals surface area (Å²) in [6.45, 7) is 24.2. The zero-order valence-electron chi connectivity index (χ0n) is 25.3. The van der Waals surface area contributed by atoms with Gasteiger partial charge < -0.3 is 9.47 Å². The molecule has 2 aliphatic heterocycles. The summed E-state index contributed by atoms with van der Waals surface area (Å²) >= 11 is 0. The third kappa shape index (κ3) is 19.1. The second kappa shape index (κ2) is 21.0. The summed E-state index contributed by atoms with van der Waals surface area (Å²) in [6, 6.07) is 0. The van der Waals surface area contributed by atoms with Crippen LogP contribution < -0.4 is 0 Å². The molecule has 206 valence electrons. The van der Waals surface area contributed by atoms with Crippen molar-refractivity contribution >= 4 is 0 Å². The molecule has 4 aliphatic rings. The van der Waals surface area contributed by atoms with Gasteiger partial charge in [-0.1, -0.05) is 107 Å². The Morgan fingerprint density at radius 3 is 0.676 bits per heavy atom. The van der Waals surface area contributed by atoms with Crippen molar-refractivity contribution in [2.75, 3.05) is 13.2 Å². The second-order valence-electron chi connectivity index (χ2n) is 12.4. The van der Waals surface area contributed by atoms with Gasteiger partial charge in [0.05, 0.1) is 12.2 Å². The molecule has 2 heterocycles. The van der Waals surface area contributed by atoms with E-state index in [1.165, 1.54) is 77.0 Å². The van der Waals surface area contributed by atoms with Gasteiger partial charge in [0.2, 0.25) is 0 Å². The van der Waals surface area contributed by atoms with E-state index >= 15 is 0 Å². The molecule has 2 saturated heterocycles. The van der Waals surface area contributed by atoms with Crippen LogP contribution in [0.3, 0.4) is 0 Å². The van der Waals surface area contributed by atoms with Gasteiger partial charge in [-0.05, 0) is 75.0 Å². The summed E-state index contributed by atoms with van der Waals surface area (Å²) in [5, 5.41) is 0. The van der Waals surface area contributed by atoms with Crippen molar-refractivity contribution in [3.63, 3.8) is 0 Å². The molecule has 4 rings (SSSR count). The van der Waals surface area contributed by atoms with Crippen LogP contribution in [0.15, 0.2) is 0 Å². The normalized spacial score (nSPS) is 37.6. The van der Waals surface area contributed by atoms with Gasteiger partial charge in [0, 0.05) is 13.2 Å². The van der Waals surface area contributed by atoms with Crippen molar-refractivity contribution in [2.24, 2.45) is 35.5 Å². The van der Waals surface area contributed by atoms with E-state index in [1.54, 1.807) is 0 Å². The van der Waals surface area contributed by atoms with Crippen molar-refractivity contribution in [2.45, 2.75) is 158 Å². The van der Waals surface area contributed by atoms with E-state index in [0.29, 0.717) is 12.2 Å². The SMILES string of the molecule is CC.CC1CCC(C)CC1.CC1CCC(C)CC1.CC1CCC(C)OC1.CC1CCC(C)OC1. The molecule has 0 N–H and O–H groups in total. The summed E-state index contributed by atoms with van der Waals surface area (Å²) in [5.74, 6) is 5.67. The van der Waals surface area contributed by atoms with Crippen LogP contribution in [0.1, 0.15) is 146 Å². The van der Waals surface area contributed by atoms with E-state index < -0.39 is 0 Å². The molecule has 0 spiro atoms. The van der Waals surface area contributed by atoms with Crippen LogP contribution in [0.5, 0.6) is 0 Å². The molecule has 2 nitrogen and oxygen atoms in total. The molecule has 34 heavy (non-hydrogen) atoms. The second-order valence-corrected chi connectivity index (χ2v) is 12.4. The van der Waals surface area contributed by atoms with Crippen LogP contribution in [0, 0.1) is 35.5 Å². The zero-order chi connectivity index (χ0) is 25.9. The molecular formula is C32H66O2. The molecule has 2 saturated carbocycles. The molecule has 4 fully saturated rings. The first-order valence-electron chi connectivity index (χ1n) is 15.4. The lowest BCUT2D eigenvalue weighted by molar-refractivity contribution is 0.000174. The van der Waals surface area contributed by atoms with Crippen molar-refractivity contribution in [3.8, 4) is 0 Å². The van der Waals surface area contributed by atoms with Gasteiger partial charge in [0.15, 0.2) is 0 Å². The third-order valence-electron chi connectivity index (χ3n) is 8.07. The van der Waals surface area contributed by atoms with E-state index in [1.807, 2.05) is 13.8 Å². The number of hydrogen-bond acceptors (Lipinski definition) is 2. The van der Waals surface area contributed by atoms with Gasteiger partial charge in [-0.2, -0.15) is 0 Å². The number of rotatable bonds is 0. The van der Waals surface area contributed by atoms with E-state index in [-0.39, 0.29) is 0 Å². The molecule has 0 aromatic heterocycles. The standard InChI is InChI=1S/2C8H16.2C7H14O.C2H6/c2*1-7-3-5-8(2)6-4-7;2*1-6-3-4-7(2)8-5-6;1-2/h2*7-8H,3-6H2,1-2H3;2*6-7H,3-5H2,1-2H3;1-2H3. The lowest BCUT2D eigenvalue weighted by Crippen LogP contribution is -2.21. The van der Waals surface area contributed by atoms with E-state index in [9.17, 15) is 0 Å². The molecule has 0 amide bonds.